The molecule has 0 aliphatic heterocycles. The molecule has 1 atom stereocenters. The fourth-order valence-electron chi connectivity index (χ4n) is 2.98. The van der Waals surface area contributed by atoms with E-state index in [4.69, 9.17) is 0 Å². The van der Waals surface area contributed by atoms with Crippen LogP contribution < -0.4 is 0 Å². The Bertz CT molecular complexity index is 646. The van der Waals surface area contributed by atoms with Crippen LogP contribution in [0.2, 0.25) is 0 Å². The monoisotopic (exact) mass is 249 g/mol. The van der Waals surface area contributed by atoms with E-state index in [2.05, 4.69) is 85.8 Å². The van der Waals surface area contributed by atoms with Crippen LogP contribution in [0.5, 0.6) is 0 Å². The molecule has 2 aromatic rings. The van der Waals surface area contributed by atoms with Crippen molar-refractivity contribution < 1.29 is 0 Å². The fourth-order valence-corrected chi connectivity index (χ4v) is 2.98. The average molecular weight is 249 g/mol. The van der Waals surface area contributed by atoms with E-state index in [1.54, 1.807) is 0 Å². The van der Waals surface area contributed by atoms with Gasteiger partial charge < -0.3 is 0 Å². The molecule has 2 aromatic carbocycles. The molecule has 0 heterocycles. The van der Waals surface area contributed by atoms with E-state index in [9.17, 15) is 0 Å². The molecule has 1 nitrogen and oxygen atoms in total. The number of likely N-dealkylation sites (N-methyl/N-ethyl adjacent to an activating group) is 1. The highest BCUT2D eigenvalue weighted by atomic mass is 15.1. The second-order valence-electron chi connectivity index (χ2n) is 5.34. The molecule has 1 aliphatic carbocycles. The molecule has 0 aromatic heterocycles. The summed E-state index contributed by atoms with van der Waals surface area (Å²) in [5.74, 6) is 0. The molecule has 3 rings (SSSR count). The minimum atomic E-state index is -0.0321. The lowest BCUT2D eigenvalue weighted by Crippen LogP contribution is -2.40. The fraction of sp³-hybridized carbons (Fsp3) is 0.222. The van der Waals surface area contributed by atoms with E-state index in [0.29, 0.717) is 0 Å². The van der Waals surface area contributed by atoms with Crippen LogP contribution in [0.1, 0.15) is 12.0 Å². The van der Waals surface area contributed by atoms with E-state index < -0.39 is 0 Å². The van der Waals surface area contributed by atoms with Gasteiger partial charge in [-0.1, -0.05) is 66.8 Å². The second kappa shape index (κ2) is 4.67. The zero-order valence-corrected chi connectivity index (χ0v) is 11.5. The summed E-state index contributed by atoms with van der Waals surface area (Å²) in [6, 6.07) is 15.2. The number of hydrogen-bond acceptors (Lipinski definition) is 1. The van der Waals surface area contributed by atoms with Crippen molar-refractivity contribution in [2.75, 3.05) is 14.1 Å². The van der Waals surface area contributed by atoms with Crippen molar-refractivity contribution in [3.05, 3.63) is 72.3 Å². The van der Waals surface area contributed by atoms with Gasteiger partial charge in [-0.25, -0.2) is 0 Å². The normalized spacial score (nSPS) is 22.3. The predicted octanol–water partition coefficient (Wildman–Crippen LogP) is 4.11. The van der Waals surface area contributed by atoms with Crippen LogP contribution in [0.25, 0.3) is 10.8 Å². The summed E-state index contributed by atoms with van der Waals surface area (Å²) in [5.41, 5.74) is 1.35. The van der Waals surface area contributed by atoms with Crippen molar-refractivity contribution in [2.24, 2.45) is 0 Å². The third-order valence-electron chi connectivity index (χ3n) is 4.10. The number of fused-ring (bicyclic) bond motifs is 1. The molecule has 0 spiro atoms. The summed E-state index contributed by atoms with van der Waals surface area (Å²) < 4.78 is 0. The lowest BCUT2D eigenvalue weighted by molar-refractivity contribution is 0.212. The molecule has 0 N–H and O–H groups in total. The van der Waals surface area contributed by atoms with E-state index in [-0.39, 0.29) is 5.54 Å². The standard InChI is InChI=1S/C18H19N/c1-19(2)18(13-6-3-7-14-18)17-12-8-10-15-9-4-5-11-16(15)17/h3-13H,14H2,1-2H3. The van der Waals surface area contributed by atoms with Gasteiger partial charge in [0.15, 0.2) is 0 Å². The Labute approximate surface area is 114 Å². The number of hydrogen-bond donors (Lipinski definition) is 0. The van der Waals surface area contributed by atoms with E-state index >= 15 is 0 Å². The van der Waals surface area contributed by atoms with Gasteiger partial charge in [0.1, 0.15) is 0 Å². The van der Waals surface area contributed by atoms with E-state index in [1.807, 2.05) is 0 Å². The van der Waals surface area contributed by atoms with Crippen molar-refractivity contribution in [3.8, 4) is 0 Å². The van der Waals surface area contributed by atoms with E-state index in [0.717, 1.165) is 6.42 Å². The average Bonchev–Trinajstić information content (AvgIpc) is 2.47. The summed E-state index contributed by atoms with van der Waals surface area (Å²) in [4.78, 5) is 2.31. The third kappa shape index (κ3) is 1.91. The lowest BCUT2D eigenvalue weighted by Gasteiger charge is -2.39. The van der Waals surface area contributed by atoms with Crippen molar-refractivity contribution >= 4 is 10.8 Å². The first-order valence-electron chi connectivity index (χ1n) is 6.74. The maximum Gasteiger partial charge on any atom is 0.0684 e. The van der Waals surface area contributed by atoms with Crippen LogP contribution in [-0.2, 0) is 5.54 Å². The van der Waals surface area contributed by atoms with Crippen molar-refractivity contribution in [3.63, 3.8) is 0 Å². The molecule has 96 valence electrons. The number of rotatable bonds is 2. The molecule has 1 heteroatoms. The van der Waals surface area contributed by atoms with Crippen LogP contribution >= 0.6 is 0 Å². The summed E-state index contributed by atoms with van der Waals surface area (Å²) in [7, 11) is 4.32. The first kappa shape index (κ1) is 12.2. The molecule has 0 amide bonds. The van der Waals surface area contributed by atoms with Crippen LogP contribution in [0, 0.1) is 0 Å². The van der Waals surface area contributed by atoms with Gasteiger partial charge in [-0.3, -0.25) is 4.90 Å². The maximum atomic E-state index is 2.31. The molecule has 0 saturated heterocycles. The Hall–Kier alpha value is -1.86. The number of nitrogens with zero attached hydrogens (tertiary/aromatic N) is 1. The zero-order chi connectivity index (χ0) is 13.3. The highest BCUT2D eigenvalue weighted by Gasteiger charge is 2.32. The SMILES string of the molecule is CN(C)C1(c2cccc3ccccc23)C=CC=CC1. The Kier molecular flexibility index (Phi) is 3.00. The molecular formula is C18H19N. The predicted molar refractivity (Wildman–Crippen MR) is 82.2 cm³/mol. The van der Waals surface area contributed by atoms with Crippen LogP contribution in [0.15, 0.2) is 66.8 Å². The largest absolute Gasteiger partial charge is 0.296 e. The number of benzene rings is 2. The van der Waals surface area contributed by atoms with E-state index in [1.165, 1.54) is 16.3 Å². The van der Waals surface area contributed by atoms with Crippen LogP contribution in [0.3, 0.4) is 0 Å². The van der Waals surface area contributed by atoms with Gasteiger partial charge in [0.05, 0.1) is 5.54 Å². The summed E-state index contributed by atoms with van der Waals surface area (Å²) in [5, 5.41) is 2.66. The van der Waals surface area contributed by atoms with Gasteiger partial charge in [-0.05, 0) is 36.9 Å². The molecule has 1 unspecified atom stereocenters. The molecular weight excluding hydrogens is 230 g/mol. The van der Waals surface area contributed by atoms with Crippen molar-refractivity contribution in [2.45, 2.75) is 12.0 Å². The quantitative estimate of drug-likeness (QED) is 0.774. The Balaban J connectivity index is 2.27. The number of allylic oxidation sites excluding steroid dienone is 2. The van der Waals surface area contributed by atoms with Crippen LogP contribution in [-0.4, -0.2) is 19.0 Å². The molecule has 0 fully saturated rings. The smallest absolute Gasteiger partial charge is 0.0684 e. The third-order valence-corrected chi connectivity index (χ3v) is 4.10. The van der Waals surface area contributed by atoms with Crippen molar-refractivity contribution in [1.82, 2.24) is 4.90 Å². The topological polar surface area (TPSA) is 3.24 Å². The second-order valence-corrected chi connectivity index (χ2v) is 5.34. The van der Waals surface area contributed by atoms with Gasteiger partial charge in [0, 0.05) is 0 Å². The van der Waals surface area contributed by atoms with Crippen molar-refractivity contribution in [1.29, 1.82) is 0 Å². The Morgan fingerprint density at radius 1 is 0.947 bits per heavy atom. The Morgan fingerprint density at radius 2 is 1.74 bits per heavy atom. The lowest BCUT2D eigenvalue weighted by atomic mass is 9.80. The first-order valence-corrected chi connectivity index (χ1v) is 6.74. The Morgan fingerprint density at radius 3 is 2.47 bits per heavy atom. The molecule has 0 radical (unpaired) electrons. The van der Waals surface area contributed by atoms with Gasteiger partial charge >= 0.3 is 0 Å². The van der Waals surface area contributed by atoms with Gasteiger partial charge in [-0.15, -0.1) is 0 Å². The molecule has 0 bridgehead atoms. The molecule has 1 aliphatic rings. The summed E-state index contributed by atoms with van der Waals surface area (Å²) in [6.45, 7) is 0. The van der Waals surface area contributed by atoms with Gasteiger partial charge in [0.2, 0.25) is 0 Å². The highest BCUT2D eigenvalue weighted by Crippen LogP contribution is 2.38. The van der Waals surface area contributed by atoms with Gasteiger partial charge in [0.25, 0.3) is 0 Å². The first-order chi connectivity index (χ1) is 9.24. The van der Waals surface area contributed by atoms with Crippen LogP contribution in [0.4, 0.5) is 0 Å². The minimum absolute atomic E-state index is 0.0321. The molecule has 0 saturated carbocycles. The summed E-state index contributed by atoms with van der Waals surface area (Å²) in [6.07, 6.45) is 9.87. The maximum absolute atomic E-state index is 2.31. The van der Waals surface area contributed by atoms with Gasteiger partial charge in [-0.2, -0.15) is 0 Å². The minimum Gasteiger partial charge on any atom is -0.296 e. The highest BCUT2D eigenvalue weighted by molar-refractivity contribution is 5.87. The summed E-state index contributed by atoms with van der Waals surface area (Å²) >= 11 is 0. The molecule has 19 heavy (non-hydrogen) atoms. The zero-order valence-electron chi connectivity index (χ0n) is 11.5.